The highest BCUT2D eigenvalue weighted by atomic mass is 16.5. The lowest BCUT2D eigenvalue weighted by Crippen LogP contribution is -2.47. The lowest BCUT2D eigenvalue weighted by molar-refractivity contribution is 0.410. The molecule has 0 bridgehead atoms. The summed E-state index contributed by atoms with van der Waals surface area (Å²) in [7, 11) is 3.69. The van der Waals surface area contributed by atoms with Gasteiger partial charge in [0.2, 0.25) is 5.95 Å². The number of hydrogen-bond donors (Lipinski definition) is 0. The van der Waals surface area contributed by atoms with Crippen LogP contribution in [0.5, 0.6) is 5.75 Å². The molecule has 1 saturated heterocycles. The van der Waals surface area contributed by atoms with E-state index in [0.29, 0.717) is 11.8 Å². The van der Waals surface area contributed by atoms with Crippen molar-refractivity contribution < 1.29 is 4.74 Å². The van der Waals surface area contributed by atoms with Gasteiger partial charge in [-0.1, -0.05) is 0 Å². The van der Waals surface area contributed by atoms with E-state index in [4.69, 9.17) is 4.74 Å². The summed E-state index contributed by atoms with van der Waals surface area (Å²) < 4.78 is 5.11. The normalized spacial score (nSPS) is 18.1. The molecule has 0 spiro atoms. The monoisotopic (exact) mass is 300 g/mol. The molecule has 1 fully saturated rings. The zero-order valence-electron chi connectivity index (χ0n) is 12.9. The van der Waals surface area contributed by atoms with Crippen molar-refractivity contribution in [2.45, 2.75) is 18.9 Å². The van der Waals surface area contributed by atoms with Crippen LogP contribution < -0.4 is 14.5 Å². The first-order chi connectivity index (χ1) is 10.8. The van der Waals surface area contributed by atoms with Gasteiger partial charge in [0.25, 0.3) is 0 Å². The number of ether oxygens (including phenoxy) is 1. The fourth-order valence-corrected chi connectivity index (χ4v) is 2.71. The summed E-state index contributed by atoms with van der Waals surface area (Å²) in [4.78, 5) is 21.5. The van der Waals surface area contributed by atoms with Gasteiger partial charge in [-0.05, 0) is 18.9 Å². The molecule has 2 aromatic rings. The topological polar surface area (TPSA) is 67.3 Å². The molecule has 22 heavy (non-hydrogen) atoms. The van der Waals surface area contributed by atoms with Crippen molar-refractivity contribution in [3.05, 3.63) is 31.0 Å². The maximum absolute atomic E-state index is 5.11. The molecule has 0 aliphatic carbocycles. The van der Waals surface area contributed by atoms with Crippen LogP contribution in [-0.2, 0) is 0 Å². The summed E-state index contributed by atoms with van der Waals surface area (Å²) in [5, 5.41) is 0. The van der Waals surface area contributed by atoms with Gasteiger partial charge in [-0.25, -0.2) is 19.9 Å². The van der Waals surface area contributed by atoms with Crippen molar-refractivity contribution in [3.8, 4) is 5.75 Å². The standard InChI is InChI=1S/C15H20N6O/c1-20(14-5-6-16-11-19-14)12-4-3-7-21(10-12)15-17-8-13(22-2)9-18-15/h5-6,8-9,11-12H,3-4,7,10H2,1-2H3. The quantitative estimate of drug-likeness (QED) is 0.845. The summed E-state index contributed by atoms with van der Waals surface area (Å²) >= 11 is 0. The number of rotatable bonds is 4. The number of nitrogens with zero attached hydrogens (tertiary/aromatic N) is 6. The molecule has 0 N–H and O–H groups in total. The minimum Gasteiger partial charge on any atom is -0.494 e. The largest absolute Gasteiger partial charge is 0.494 e. The second kappa shape index (κ2) is 6.55. The van der Waals surface area contributed by atoms with Gasteiger partial charge in [0.05, 0.1) is 19.5 Å². The maximum Gasteiger partial charge on any atom is 0.225 e. The molecule has 116 valence electrons. The van der Waals surface area contributed by atoms with Gasteiger partial charge in [0.15, 0.2) is 5.75 Å². The number of likely N-dealkylation sites (N-methyl/N-ethyl adjacent to an activating group) is 1. The minimum atomic E-state index is 0.384. The molecule has 1 aliphatic heterocycles. The molecule has 3 heterocycles. The van der Waals surface area contributed by atoms with Crippen molar-refractivity contribution in [3.63, 3.8) is 0 Å². The highest BCUT2D eigenvalue weighted by molar-refractivity contribution is 5.40. The Kier molecular flexibility index (Phi) is 4.32. The molecule has 0 amide bonds. The van der Waals surface area contributed by atoms with E-state index in [-0.39, 0.29) is 0 Å². The molecule has 7 nitrogen and oxygen atoms in total. The highest BCUT2D eigenvalue weighted by Gasteiger charge is 2.25. The maximum atomic E-state index is 5.11. The second-order valence-electron chi connectivity index (χ2n) is 5.34. The lowest BCUT2D eigenvalue weighted by Gasteiger charge is -2.38. The van der Waals surface area contributed by atoms with Gasteiger partial charge >= 0.3 is 0 Å². The van der Waals surface area contributed by atoms with Gasteiger partial charge < -0.3 is 14.5 Å². The Morgan fingerprint density at radius 2 is 2.09 bits per heavy atom. The summed E-state index contributed by atoms with van der Waals surface area (Å²) in [6.45, 7) is 1.85. The van der Waals surface area contributed by atoms with Crippen molar-refractivity contribution in [2.75, 3.05) is 37.0 Å². The van der Waals surface area contributed by atoms with E-state index < -0.39 is 0 Å². The van der Waals surface area contributed by atoms with Crippen LogP contribution in [0.1, 0.15) is 12.8 Å². The number of piperidine rings is 1. The van der Waals surface area contributed by atoms with E-state index in [9.17, 15) is 0 Å². The smallest absolute Gasteiger partial charge is 0.225 e. The third-order valence-corrected chi connectivity index (χ3v) is 4.01. The Hall–Kier alpha value is -2.44. The van der Waals surface area contributed by atoms with Gasteiger partial charge in [-0.3, -0.25) is 0 Å². The zero-order valence-corrected chi connectivity index (χ0v) is 12.9. The van der Waals surface area contributed by atoms with Crippen molar-refractivity contribution in [1.29, 1.82) is 0 Å². The highest BCUT2D eigenvalue weighted by Crippen LogP contribution is 2.22. The van der Waals surface area contributed by atoms with Crippen molar-refractivity contribution >= 4 is 11.8 Å². The SMILES string of the molecule is COc1cnc(N2CCCC(N(C)c3ccncn3)C2)nc1. The zero-order chi connectivity index (χ0) is 15.4. The summed E-state index contributed by atoms with van der Waals surface area (Å²) in [6.07, 6.45) is 9.01. The first kappa shape index (κ1) is 14.5. The molecule has 1 atom stereocenters. The lowest BCUT2D eigenvalue weighted by atomic mass is 10.0. The van der Waals surface area contributed by atoms with Crippen LogP contribution in [-0.4, -0.2) is 53.2 Å². The fraction of sp³-hybridized carbons (Fsp3) is 0.467. The fourth-order valence-electron chi connectivity index (χ4n) is 2.71. The predicted octanol–water partition coefficient (Wildman–Crippen LogP) is 1.38. The summed E-state index contributed by atoms with van der Waals surface area (Å²) in [5.74, 6) is 2.37. The molecular formula is C15H20N6O. The van der Waals surface area contributed by atoms with Crippen LogP contribution in [0.2, 0.25) is 0 Å². The van der Waals surface area contributed by atoms with Gasteiger partial charge in [-0.2, -0.15) is 0 Å². The van der Waals surface area contributed by atoms with Crippen molar-refractivity contribution in [1.82, 2.24) is 19.9 Å². The first-order valence-corrected chi connectivity index (χ1v) is 7.38. The van der Waals surface area contributed by atoms with Gasteiger partial charge in [0.1, 0.15) is 12.1 Å². The summed E-state index contributed by atoms with van der Waals surface area (Å²) in [5.41, 5.74) is 0. The van der Waals surface area contributed by atoms with Crippen LogP contribution in [0.25, 0.3) is 0 Å². The van der Waals surface area contributed by atoms with Crippen molar-refractivity contribution in [2.24, 2.45) is 0 Å². The average Bonchev–Trinajstić information content (AvgIpc) is 2.62. The molecule has 0 saturated carbocycles. The predicted molar refractivity (Wildman–Crippen MR) is 84.3 cm³/mol. The third-order valence-electron chi connectivity index (χ3n) is 4.01. The van der Waals surface area contributed by atoms with E-state index in [0.717, 1.165) is 37.7 Å². The van der Waals surface area contributed by atoms with E-state index in [1.165, 1.54) is 0 Å². The van der Waals surface area contributed by atoms with Crippen LogP contribution in [0.15, 0.2) is 31.0 Å². The number of anilines is 2. The number of hydrogen-bond acceptors (Lipinski definition) is 7. The molecule has 7 heteroatoms. The molecule has 0 aromatic carbocycles. The molecule has 1 unspecified atom stereocenters. The summed E-state index contributed by atoms with van der Waals surface area (Å²) in [6, 6.07) is 2.32. The van der Waals surface area contributed by atoms with Gasteiger partial charge in [-0.15, -0.1) is 0 Å². The Morgan fingerprint density at radius 3 is 2.77 bits per heavy atom. The second-order valence-corrected chi connectivity index (χ2v) is 5.34. The molecule has 2 aromatic heterocycles. The third kappa shape index (κ3) is 3.08. The minimum absolute atomic E-state index is 0.384. The number of aromatic nitrogens is 4. The van der Waals surface area contributed by atoms with Crippen LogP contribution >= 0.6 is 0 Å². The van der Waals surface area contributed by atoms with E-state index in [1.807, 2.05) is 6.07 Å². The first-order valence-electron chi connectivity index (χ1n) is 7.38. The Bertz CT molecular complexity index is 591. The van der Waals surface area contributed by atoms with Crippen LogP contribution in [0.3, 0.4) is 0 Å². The average molecular weight is 300 g/mol. The number of methoxy groups -OCH3 is 1. The molecular weight excluding hydrogens is 280 g/mol. The molecule has 0 radical (unpaired) electrons. The van der Waals surface area contributed by atoms with E-state index >= 15 is 0 Å². The Balaban J connectivity index is 1.70. The molecule has 3 rings (SSSR count). The Morgan fingerprint density at radius 1 is 1.27 bits per heavy atom. The van der Waals surface area contributed by atoms with E-state index in [1.54, 1.807) is 32.0 Å². The van der Waals surface area contributed by atoms with E-state index in [2.05, 4.69) is 36.8 Å². The molecule has 1 aliphatic rings. The van der Waals surface area contributed by atoms with Crippen LogP contribution in [0, 0.1) is 0 Å². The Labute approximate surface area is 130 Å². The van der Waals surface area contributed by atoms with Gasteiger partial charge in [0, 0.05) is 32.4 Å². The van der Waals surface area contributed by atoms with Crippen LogP contribution in [0.4, 0.5) is 11.8 Å².